The molecular weight excluding hydrogens is 251 g/mol. The van der Waals surface area contributed by atoms with Gasteiger partial charge in [0.1, 0.15) is 0 Å². The molecule has 0 fully saturated rings. The number of hydrogen-bond acceptors (Lipinski definition) is 2. The zero-order valence-electron chi connectivity index (χ0n) is 8.32. The van der Waals surface area contributed by atoms with Crippen molar-refractivity contribution in [2.24, 2.45) is 0 Å². The second kappa shape index (κ2) is 4.03. The van der Waals surface area contributed by atoms with Crippen molar-refractivity contribution < 1.29 is 0 Å². The molecule has 0 bridgehead atoms. The van der Waals surface area contributed by atoms with Crippen molar-refractivity contribution in [3.8, 4) is 11.4 Å². The minimum atomic E-state index is -0.0973. The number of aromatic amines is 1. The molecular formula is C11H11AsN2O. The molecule has 76 valence electrons. The van der Waals surface area contributed by atoms with E-state index in [4.69, 9.17) is 0 Å². The van der Waals surface area contributed by atoms with Gasteiger partial charge in [-0.2, -0.15) is 0 Å². The molecule has 3 nitrogen and oxygen atoms in total. The fraction of sp³-hybridized carbons (Fsp3) is 0.0909. The number of aryl methyl sites for hydroxylation is 1. The van der Waals surface area contributed by atoms with Crippen molar-refractivity contribution in [1.82, 2.24) is 9.97 Å². The van der Waals surface area contributed by atoms with Crippen LogP contribution in [0.4, 0.5) is 0 Å². The average Bonchev–Trinajstić information content (AvgIpc) is 2.17. The van der Waals surface area contributed by atoms with Crippen LogP contribution in [-0.2, 0) is 0 Å². The molecule has 15 heavy (non-hydrogen) atoms. The van der Waals surface area contributed by atoms with E-state index in [1.54, 1.807) is 0 Å². The molecule has 0 saturated carbocycles. The van der Waals surface area contributed by atoms with Crippen LogP contribution in [0.15, 0.2) is 35.1 Å². The number of nitrogens with one attached hydrogen (secondary N) is 1. The fourth-order valence-electron chi connectivity index (χ4n) is 1.32. The number of nitrogens with zero attached hydrogens (tertiary/aromatic N) is 1. The second-order valence-corrected chi connectivity index (χ2v) is 4.63. The van der Waals surface area contributed by atoms with Crippen molar-refractivity contribution >= 4 is 21.3 Å². The molecule has 0 amide bonds. The van der Waals surface area contributed by atoms with Gasteiger partial charge in [-0.05, 0) is 0 Å². The first-order valence-corrected chi connectivity index (χ1v) is 5.80. The molecule has 0 spiro atoms. The van der Waals surface area contributed by atoms with Crippen molar-refractivity contribution in [2.45, 2.75) is 6.92 Å². The average molecular weight is 262 g/mol. The first kappa shape index (κ1) is 10.2. The van der Waals surface area contributed by atoms with E-state index in [9.17, 15) is 4.79 Å². The molecule has 1 atom stereocenters. The van der Waals surface area contributed by atoms with Crippen LogP contribution in [0.3, 0.4) is 0 Å². The number of aromatic nitrogens is 2. The minimum absolute atomic E-state index is 0.0973. The molecule has 0 aliphatic carbocycles. The van der Waals surface area contributed by atoms with Gasteiger partial charge in [0.2, 0.25) is 0 Å². The predicted molar refractivity (Wildman–Crippen MR) is 63.2 cm³/mol. The molecule has 0 aliphatic rings. The van der Waals surface area contributed by atoms with Crippen LogP contribution in [0.25, 0.3) is 11.4 Å². The predicted octanol–water partition coefficient (Wildman–Crippen LogP) is 0.00372. The molecule has 0 aliphatic heterocycles. The van der Waals surface area contributed by atoms with Crippen LogP contribution >= 0.6 is 0 Å². The van der Waals surface area contributed by atoms with Gasteiger partial charge in [0, 0.05) is 0 Å². The van der Waals surface area contributed by atoms with Crippen LogP contribution in [0.5, 0.6) is 0 Å². The molecule has 1 aromatic heterocycles. The van der Waals surface area contributed by atoms with Crippen LogP contribution in [-0.4, -0.2) is 26.8 Å². The summed E-state index contributed by atoms with van der Waals surface area (Å²) < 4.78 is 0.793. The molecule has 1 aromatic carbocycles. The van der Waals surface area contributed by atoms with Gasteiger partial charge in [0.05, 0.1) is 0 Å². The van der Waals surface area contributed by atoms with E-state index in [1.807, 2.05) is 31.2 Å². The summed E-state index contributed by atoms with van der Waals surface area (Å²) in [7, 11) is 0. The van der Waals surface area contributed by atoms with E-state index in [1.165, 1.54) is 28.5 Å². The summed E-state index contributed by atoms with van der Waals surface area (Å²) in [5, 5.41) is 0. The maximum absolute atomic E-state index is 11.3. The van der Waals surface area contributed by atoms with Crippen LogP contribution in [0.2, 0.25) is 0 Å². The molecule has 0 saturated heterocycles. The molecule has 1 N–H and O–H groups in total. The Bertz CT molecular complexity index is 531. The van der Waals surface area contributed by atoms with Gasteiger partial charge >= 0.3 is 95.9 Å². The number of benzene rings is 1. The summed E-state index contributed by atoms with van der Waals surface area (Å²) in [4.78, 5) is 18.3. The third kappa shape index (κ3) is 2.37. The van der Waals surface area contributed by atoms with Gasteiger partial charge in [-0.15, -0.1) is 0 Å². The van der Waals surface area contributed by atoms with E-state index < -0.39 is 0 Å². The normalized spacial score (nSPS) is 10.3. The topological polar surface area (TPSA) is 45.8 Å². The number of rotatable bonds is 1. The van der Waals surface area contributed by atoms with Crippen LogP contribution in [0, 0.1) is 6.92 Å². The number of hydrogen-bond donors (Lipinski definition) is 1. The summed E-state index contributed by atoms with van der Waals surface area (Å²) in [5.74, 6) is 0.641. The van der Waals surface area contributed by atoms with E-state index >= 15 is 0 Å². The first-order chi connectivity index (χ1) is 7.15. The first-order valence-electron chi connectivity index (χ1n) is 4.59. The van der Waals surface area contributed by atoms with E-state index in [0.29, 0.717) is 5.82 Å². The van der Waals surface area contributed by atoms with Crippen molar-refractivity contribution in [1.29, 1.82) is 0 Å². The Morgan fingerprint density at radius 2 is 1.93 bits per heavy atom. The zero-order chi connectivity index (χ0) is 10.8. The molecule has 2 aromatic rings. The van der Waals surface area contributed by atoms with Crippen molar-refractivity contribution in [2.75, 3.05) is 0 Å². The SMILES string of the molecule is Cc1ccc(-c2nc([AsH2])cc(=O)[nH]2)cc1. The van der Waals surface area contributed by atoms with Crippen molar-refractivity contribution in [3.63, 3.8) is 0 Å². The van der Waals surface area contributed by atoms with Gasteiger partial charge in [0.15, 0.2) is 0 Å². The standard InChI is InChI=1S/C11H11AsN2O/c1-7-2-4-8(5-3-7)11-13-9(12)6-10(15)14-11/h2-6H,12H2,1H3,(H,13,14,15). The Labute approximate surface area is 96.1 Å². The Hall–Kier alpha value is -1.34. The van der Waals surface area contributed by atoms with Crippen LogP contribution < -0.4 is 10.0 Å². The van der Waals surface area contributed by atoms with Gasteiger partial charge in [-0.25, -0.2) is 0 Å². The van der Waals surface area contributed by atoms with Gasteiger partial charge in [-0.3, -0.25) is 0 Å². The number of H-pyrrole nitrogens is 1. The summed E-state index contributed by atoms with van der Waals surface area (Å²) in [6.45, 7) is 2.03. The third-order valence-electron chi connectivity index (χ3n) is 2.09. The summed E-state index contributed by atoms with van der Waals surface area (Å²) >= 11 is 1.35. The zero-order valence-corrected chi connectivity index (χ0v) is 10.7. The van der Waals surface area contributed by atoms with Gasteiger partial charge < -0.3 is 0 Å². The summed E-state index contributed by atoms with van der Waals surface area (Å²) in [6.07, 6.45) is 0. The molecule has 2 rings (SSSR count). The fourth-order valence-corrected chi connectivity index (χ4v) is 1.91. The van der Waals surface area contributed by atoms with Gasteiger partial charge in [0.25, 0.3) is 0 Å². The summed E-state index contributed by atoms with van der Waals surface area (Å²) in [5.41, 5.74) is 2.04. The molecule has 1 unspecified atom stereocenters. The van der Waals surface area contributed by atoms with E-state index in [2.05, 4.69) is 9.97 Å². The van der Waals surface area contributed by atoms with Gasteiger partial charge in [-0.1, -0.05) is 0 Å². The molecule has 1 heterocycles. The Morgan fingerprint density at radius 1 is 1.27 bits per heavy atom. The summed E-state index contributed by atoms with van der Waals surface area (Å²) in [6, 6.07) is 9.43. The Balaban J connectivity index is 2.54. The molecule has 0 radical (unpaired) electrons. The second-order valence-electron chi connectivity index (χ2n) is 3.38. The quantitative estimate of drug-likeness (QED) is 0.735. The maximum atomic E-state index is 11.3. The monoisotopic (exact) mass is 262 g/mol. The van der Waals surface area contributed by atoms with Crippen LogP contribution in [0.1, 0.15) is 5.56 Å². The van der Waals surface area contributed by atoms with E-state index in [-0.39, 0.29) is 5.56 Å². The Morgan fingerprint density at radius 3 is 2.53 bits per heavy atom. The van der Waals surface area contributed by atoms with E-state index in [0.717, 1.165) is 10.0 Å². The third-order valence-corrected chi connectivity index (χ3v) is 2.71. The Kier molecular flexibility index (Phi) is 2.74. The molecule has 4 heteroatoms. The van der Waals surface area contributed by atoms with Crippen molar-refractivity contribution in [3.05, 3.63) is 46.2 Å².